The van der Waals surface area contributed by atoms with Gasteiger partial charge in [0.05, 0.1) is 12.8 Å². The Kier molecular flexibility index (Phi) is 22.7. The van der Waals surface area contributed by atoms with Crippen molar-refractivity contribution >= 4 is 17.9 Å². The van der Waals surface area contributed by atoms with Crippen molar-refractivity contribution in [2.24, 2.45) is 46.3 Å². The van der Waals surface area contributed by atoms with E-state index in [9.17, 15) is 14.4 Å². The lowest BCUT2D eigenvalue weighted by Crippen LogP contribution is -2.51. The number of hydrogen-bond donors (Lipinski definition) is 0. The normalized spacial score (nSPS) is 28.1. The van der Waals surface area contributed by atoms with Crippen molar-refractivity contribution in [3.8, 4) is 0 Å². The first-order valence-electron chi connectivity index (χ1n) is 26.2. The summed E-state index contributed by atoms with van der Waals surface area (Å²) in [5.41, 5.74) is 2.20. The zero-order chi connectivity index (χ0) is 44.3. The standard InChI is InChI=1S/C54H95NO6/c1-9-10-11-12-13-14-15-16-17-18-19-20-21-22-23-27-51(57)61-45(39-55(7)8)40-59-50(56)32-33-52(58)60-44-34-36-53(5)43(38-44)28-29-46-48-31-30-47(42(4)26-24-25-41(2)3)54(48,6)37-35-49(46)53/h28,41-42,44-49H,9-27,29-40H2,1-8H3/t42-,44+,45?,46?,47-,48?,49?,53+,54-/m1/s1. The summed E-state index contributed by atoms with van der Waals surface area (Å²) < 4.78 is 17.3. The number of unbranched alkanes of at least 4 members (excludes halogenated alkanes) is 14. The molecular weight excluding hydrogens is 759 g/mol. The number of ether oxygens (including phenoxy) is 3. The van der Waals surface area contributed by atoms with Crippen LogP contribution in [0.25, 0.3) is 0 Å². The second kappa shape index (κ2) is 26.8. The lowest BCUT2D eigenvalue weighted by Gasteiger charge is -2.58. The fraction of sp³-hybridized carbons (Fsp3) is 0.907. The van der Waals surface area contributed by atoms with Crippen molar-refractivity contribution in [2.75, 3.05) is 27.2 Å². The number of likely N-dealkylation sites (N-methyl/N-ethyl adjacent to an activating group) is 1. The summed E-state index contributed by atoms with van der Waals surface area (Å²) >= 11 is 0. The minimum atomic E-state index is -0.536. The van der Waals surface area contributed by atoms with Crippen LogP contribution in [0.2, 0.25) is 0 Å². The van der Waals surface area contributed by atoms with Crippen molar-refractivity contribution in [2.45, 2.75) is 240 Å². The van der Waals surface area contributed by atoms with E-state index in [1.165, 1.54) is 134 Å². The third-order valence-electron chi connectivity index (χ3n) is 16.4. The summed E-state index contributed by atoms with van der Waals surface area (Å²) in [6.45, 7) is 15.2. The van der Waals surface area contributed by atoms with Gasteiger partial charge in [-0.25, -0.2) is 0 Å². The molecule has 0 N–H and O–H groups in total. The van der Waals surface area contributed by atoms with E-state index < -0.39 is 12.1 Å². The van der Waals surface area contributed by atoms with Crippen molar-refractivity contribution in [1.29, 1.82) is 0 Å². The van der Waals surface area contributed by atoms with Crippen LogP contribution in [0.15, 0.2) is 11.6 Å². The van der Waals surface area contributed by atoms with Crippen molar-refractivity contribution in [1.82, 2.24) is 4.90 Å². The van der Waals surface area contributed by atoms with Gasteiger partial charge in [-0.15, -0.1) is 0 Å². The third-order valence-corrected chi connectivity index (χ3v) is 16.4. The van der Waals surface area contributed by atoms with Crippen molar-refractivity contribution in [3.05, 3.63) is 11.6 Å². The average Bonchev–Trinajstić information content (AvgIpc) is 3.57. The number of nitrogens with zero attached hydrogens (tertiary/aromatic N) is 1. The fourth-order valence-electron chi connectivity index (χ4n) is 12.9. The Bertz CT molecular complexity index is 1330. The van der Waals surface area contributed by atoms with Gasteiger partial charge in [-0.1, -0.05) is 162 Å². The van der Waals surface area contributed by atoms with Crippen LogP contribution in [0.1, 0.15) is 228 Å². The van der Waals surface area contributed by atoms with Gasteiger partial charge in [0.15, 0.2) is 0 Å². The van der Waals surface area contributed by atoms with Crippen molar-refractivity contribution < 1.29 is 28.6 Å². The smallest absolute Gasteiger partial charge is 0.306 e. The maximum absolute atomic E-state index is 13.0. The van der Waals surface area contributed by atoms with E-state index in [-0.39, 0.29) is 42.9 Å². The van der Waals surface area contributed by atoms with Crippen LogP contribution < -0.4 is 0 Å². The zero-order valence-electron chi connectivity index (χ0n) is 41.0. The lowest BCUT2D eigenvalue weighted by atomic mass is 9.47. The molecule has 0 spiro atoms. The molecule has 0 heterocycles. The van der Waals surface area contributed by atoms with Gasteiger partial charge in [0, 0.05) is 19.4 Å². The molecule has 3 saturated carbocycles. The number of allylic oxidation sites excluding steroid dienone is 1. The molecule has 0 aliphatic heterocycles. The number of rotatable bonds is 30. The van der Waals surface area contributed by atoms with Crippen LogP contribution in [0, 0.1) is 46.3 Å². The minimum absolute atomic E-state index is 0.00496. The van der Waals surface area contributed by atoms with Crippen LogP contribution in [-0.2, 0) is 28.6 Å². The Morgan fingerprint density at radius 1 is 0.705 bits per heavy atom. The van der Waals surface area contributed by atoms with Gasteiger partial charge >= 0.3 is 17.9 Å². The molecule has 0 saturated heterocycles. The van der Waals surface area contributed by atoms with E-state index >= 15 is 0 Å². The van der Waals surface area contributed by atoms with Crippen LogP contribution in [0.5, 0.6) is 0 Å². The summed E-state index contributed by atoms with van der Waals surface area (Å²) in [5, 5.41) is 0. The van der Waals surface area contributed by atoms with E-state index in [4.69, 9.17) is 14.2 Å². The Labute approximate surface area is 375 Å². The molecule has 4 aliphatic carbocycles. The molecule has 9 atom stereocenters. The highest BCUT2D eigenvalue weighted by Gasteiger charge is 2.59. The number of carbonyl (C=O) groups excluding carboxylic acids is 3. The molecule has 7 heteroatoms. The molecule has 0 amide bonds. The van der Waals surface area contributed by atoms with Crippen LogP contribution in [0.4, 0.5) is 0 Å². The summed E-state index contributed by atoms with van der Waals surface area (Å²) in [5.74, 6) is 3.82. The molecule has 61 heavy (non-hydrogen) atoms. The number of hydrogen-bond acceptors (Lipinski definition) is 7. The molecule has 0 radical (unpaired) electrons. The van der Waals surface area contributed by atoms with Gasteiger partial charge in [0.1, 0.15) is 18.8 Å². The van der Waals surface area contributed by atoms with E-state index in [0.717, 1.165) is 74.0 Å². The second-order valence-electron chi connectivity index (χ2n) is 21.9. The minimum Gasteiger partial charge on any atom is -0.462 e. The molecule has 352 valence electrons. The highest BCUT2D eigenvalue weighted by Crippen LogP contribution is 2.67. The molecule has 0 aromatic heterocycles. The molecule has 4 aliphatic rings. The quantitative estimate of drug-likeness (QED) is 0.0308. The number of fused-ring (bicyclic) bond motifs is 5. The topological polar surface area (TPSA) is 82.1 Å². The van der Waals surface area contributed by atoms with E-state index in [1.54, 1.807) is 0 Å². The summed E-state index contributed by atoms with van der Waals surface area (Å²) in [7, 11) is 3.82. The largest absolute Gasteiger partial charge is 0.462 e. The first kappa shape index (κ1) is 51.7. The zero-order valence-corrected chi connectivity index (χ0v) is 41.0. The van der Waals surface area contributed by atoms with Crippen LogP contribution in [-0.4, -0.2) is 62.3 Å². The highest BCUT2D eigenvalue weighted by molar-refractivity contribution is 5.77. The monoisotopic (exact) mass is 854 g/mol. The first-order valence-corrected chi connectivity index (χ1v) is 26.2. The molecule has 0 aromatic carbocycles. The molecule has 4 rings (SSSR count). The molecule has 0 aromatic rings. The van der Waals surface area contributed by atoms with Gasteiger partial charge in [0.25, 0.3) is 0 Å². The molecule has 0 bridgehead atoms. The number of carbonyl (C=O) groups is 3. The predicted octanol–water partition coefficient (Wildman–Crippen LogP) is 14.0. The fourth-order valence-corrected chi connectivity index (χ4v) is 12.9. The van der Waals surface area contributed by atoms with Gasteiger partial charge < -0.3 is 19.1 Å². The SMILES string of the molecule is CCCCCCCCCCCCCCCCCC(=O)OC(COC(=O)CCC(=O)O[C@H]1CC[C@@]2(C)C(=CCC3C2CC[C@@]2(C)C3CC[C@@H]2[C@H](C)CCCC(C)C)C1)CN(C)C. The van der Waals surface area contributed by atoms with Crippen LogP contribution in [0.3, 0.4) is 0 Å². The highest BCUT2D eigenvalue weighted by atomic mass is 16.6. The third kappa shape index (κ3) is 16.6. The van der Waals surface area contributed by atoms with Gasteiger partial charge in [-0.2, -0.15) is 0 Å². The van der Waals surface area contributed by atoms with Crippen LogP contribution >= 0.6 is 0 Å². The Morgan fingerprint density at radius 3 is 1.95 bits per heavy atom. The molecule has 4 unspecified atom stereocenters. The summed E-state index contributed by atoms with van der Waals surface area (Å²) in [4.78, 5) is 40.4. The van der Waals surface area contributed by atoms with Gasteiger partial charge in [-0.05, 0) is 112 Å². The molecule has 7 nitrogen and oxygen atoms in total. The Morgan fingerprint density at radius 2 is 1.33 bits per heavy atom. The van der Waals surface area contributed by atoms with Gasteiger partial charge in [0.2, 0.25) is 0 Å². The molecular formula is C54H95NO6. The maximum atomic E-state index is 13.0. The lowest BCUT2D eigenvalue weighted by molar-refractivity contribution is -0.161. The van der Waals surface area contributed by atoms with Gasteiger partial charge in [-0.3, -0.25) is 14.4 Å². The first-order chi connectivity index (χ1) is 29.3. The van der Waals surface area contributed by atoms with Crippen molar-refractivity contribution in [3.63, 3.8) is 0 Å². The average molecular weight is 854 g/mol. The predicted molar refractivity (Wildman–Crippen MR) is 251 cm³/mol. The molecule has 3 fully saturated rings. The Balaban J connectivity index is 1.09. The van der Waals surface area contributed by atoms with E-state index in [1.807, 2.05) is 19.0 Å². The number of esters is 3. The Hall–Kier alpha value is -1.89. The van der Waals surface area contributed by atoms with E-state index in [2.05, 4.69) is 47.6 Å². The maximum Gasteiger partial charge on any atom is 0.306 e. The van der Waals surface area contributed by atoms with E-state index in [0.29, 0.717) is 18.4 Å². The second-order valence-corrected chi connectivity index (χ2v) is 21.9. The summed E-state index contributed by atoms with van der Waals surface area (Å²) in [6, 6.07) is 0. The summed E-state index contributed by atoms with van der Waals surface area (Å²) in [6.07, 6.45) is 35.1.